The minimum atomic E-state index is -4.06. The molecule has 1 aromatic carbocycles. The summed E-state index contributed by atoms with van der Waals surface area (Å²) in [4.78, 5) is 11.8. The highest BCUT2D eigenvalue weighted by atomic mass is 32.2. The Morgan fingerprint density at radius 3 is 2.36 bits per heavy atom. The van der Waals surface area contributed by atoms with Gasteiger partial charge in [0.2, 0.25) is 15.9 Å². The second-order valence-corrected chi connectivity index (χ2v) is 6.75. The lowest BCUT2D eigenvalue weighted by molar-refractivity contribution is -0.120. The van der Waals surface area contributed by atoms with Crippen LogP contribution in [0.15, 0.2) is 12.1 Å². The van der Waals surface area contributed by atoms with Crippen molar-refractivity contribution < 1.29 is 26.4 Å². The number of amides is 1. The molecule has 1 N–H and O–H groups in total. The standard InChI is InChI=1S/C13H17F3N2O3S/c1-4-8(2)17-11(19)7-18(22(3,20)21)10-6-5-9(14)12(15)13(10)16/h5-6,8H,4,7H2,1-3H3,(H,17,19). The van der Waals surface area contributed by atoms with Crippen LogP contribution in [0.5, 0.6) is 0 Å². The third-order valence-electron chi connectivity index (χ3n) is 2.99. The first-order chi connectivity index (χ1) is 10.1. The van der Waals surface area contributed by atoms with Crippen molar-refractivity contribution in [1.29, 1.82) is 0 Å². The number of sulfonamides is 1. The predicted molar refractivity (Wildman–Crippen MR) is 76.4 cm³/mol. The maximum absolute atomic E-state index is 13.8. The topological polar surface area (TPSA) is 66.5 Å². The van der Waals surface area contributed by atoms with Crippen molar-refractivity contribution in [3.63, 3.8) is 0 Å². The van der Waals surface area contributed by atoms with Gasteiger partial charge in [-0.15, -0.1) is 0 Å². The van der Waals surface area contributed by atoms with Gasteiger partial charge in [0.05, 0.1) is 11.9 Å². The van der Waals surface area contributed by atoms with E-state index < -0.39 is 45.6 Å². The first-order valence-electron chi connectivity index (χ1n) is 6.48. The normalized spacial score (nSPS) is 12.8. The van der Waals surface area contributed by atoms with Crippen LogP contribution < -0.4 is 9.62 Å². The maximum atomic E-state index is 13.8. The SMILES string of the molecule is CCC(C)NC(=O)CN(c1ccc(F)c(F)c1F)S(C)(=O)=O. The van der Waals surface area contributed by atoms with E-state index in [1.54, 1.807) is 6.92 Å². The van der Waals surface area contributed by atoms with Crippen LogP contribution >= 0.6 is 0 Å². The Morgan fingerprint density at radius 2 is 1.86 bits per heavy atom. The van der Waals surface area contributed by atoms with Crippen LogP contribution in [0.3, 0.4) is 0 Å². The van der Waals surface area contributed by atoms with Gasteiger partial charge >= 0.3 is 0 Å². The van der Waals surface area contributed by atoms with E-state index in [0.717, 1.165) is 12.3 Å². The molecule has 0 saturated carbocycles. The largest absolute Gasteiger partial charge is 0.352 e. The first kappa shape index (κ1) is 18.3. The lowest BCUT2D eigenvalue weighted by atomic mass is 10.2. The number of benzene rings is 1. The second kappa shape index (κ2) is 6.99. The van der Waals surface area contributed by atoms with E-state index in [2.05, 4.69) is 5.32 Å². The molecule has 5 nitrogen and oxygen atoms in total. The summed E-state index contributed by atoms with van der Waals surface area (Å²) in [5.41, 5.74) is -0.722. The number of anilines is 1. The Hall–Kier alpha value is -1.77. The zero-order chi connectivity index (χ0) is 17.1. The van der Waals surface area contributed by atoms with Gasteiger partial charge in [-0.3, -0.25) is 9.10 Å². The number of rotatable bonds is 6. The van der Waals surface area contributed by atoms with Gasteiger partial charge in [-0.1, -0.05) is 6.92 Å². The van der Waals surface area contributed by atoms with E-state index in [0.29, 0.717) is 16.8 Å². The monoisotopic (exact) mass is 338 g/mol. The van der Waals surface area contributed by atoms with E-state index in [4.69, 9.17) is 0 Å². The smallest absolute Gasteiger partial charge is 0.240 e. The van der Waals surface area contributed by atoms with Crippen molar-refractivity contribution in [1.82, 2.24) is 5.32 Å². The van der Waals surface area contributed by atoms with Crippen molar-refractivity contribution in [2.24, 2.45) is 0 Å². The van der Waals surface area contributed by atoms with E-state index >= 15 is 0 Å². The van der Waals surface area contributed by atoms with Gasteiger partial charge in [0, 0.05) is 6.04 Å². The zero-order valence-electron chi connectivity index (χ0n) is 12.4. The molecular formula is C13H17F3N2O3S. The van der Waals surface area contributed by atoms with Crippen LogP contribution in [-0.4, -0.2) is 33.2 Å². The van der Waals surface area contributed by atoms with Gasteiger partial charge in [-0.2, -0.15) is 0 Å². The molecule has 0 aliphatic carbocycles. The molecule has 0 spiro atoms. The van der Waals surface area contributed by atoms with E-state index in [9.17, 15) is 26.4 Å². The fourth-order valence-corrected chi connectivity index (χ4v) is 2.49. The molecule has 22 heavy (non-hydrogen) atoms. The van der Waals surface area contributed by atoms with Gasteiger partial charge < -0.3 is 5.32 Å². The molecule has 0 aliphatic heterocycles. The summed E-state index contributed by atoms with van der Waals surface area (Å²) in [7, 11) is -4.06. The highest BCUT2D eigenvalue weighted by Crippen LogP contribution is 2.25. The lowest BCUT2D eigenvalue weighted by Crippen LogP contribution is -2.43. The summed E-state index contributed by atoms with van der Waals surface area (Å²) in [6.07, 6.45) is 1.36. The van der Waals surface area contributed by atoms with Gasteiger partial charge in [0.25, 0.3) is 0 Å². The zero-order valence-corrected chi connectivity index (χ0v) is 13.2. The fourth-order valence-electron chi connectivity index (χ4n) is 1.64. The molecule has 0 aromatic heterocycles. The Balaban J connectivity index is 3.16. The number of nitrogens with one attached hydrogen (secondary N) is 1. The molecule has 0 radical (unpaired) electrons. The summed E-state index contributed by atoms with van der Waals surface area (Å²) >= 11 is 0. The molecule has 1 atom stereocenters. The molecule has 1 amide bonds. The Labute approximate surface area is 127 Å². The van der Waals surface area contributed by atoms with Crippen molar-refractivity contribution in [3.8, 4) is 0 Å². The quantitative estimate of drug-likeness (QED) is 0.804. The van der Waals surface area contributed by atoms with Crippen LogP contribution in [0.2, 0.25) is 0 Å². The third kappa shape index (κ3) is 4.36. The minimum Gasteiger partial charge on any atom is -0.352 e. The molecule has 9 heteroatoms. The van der Waals surface area contributed by atoms with Crippen molar-refractivity contribution in [3.05, 3.63) is 29.6 Å². The van der Waals surface area contributed by atoms with Crippen LogP contribution in [0, 0.1) is 17.5 Å². The highest BCUT2D eigenvalue weighted by Gasteiger charge is 2.26. The summed E-state index contributed by atoms with van der Waals surface area (Å²) in [5, 5.41) is 2.51. The molecule has 0 aliphatic rings. The van der Waals surface area contributed by atoms with Crippen LogP contribution in [0.25, 0.3) is 0 Å². The van der Waals surface area contributed by atoms with Crippen molar-refractivity contribution >= 4 is 21.6 Å². The molecule has 0 fully saturated rings. The number of halogens is 3. The third-order valence-corrected chi connectivity index (χ3v) is 4.12. The number of hydrogen-bond donors (Lipinski definition) is 1. The minimum absolute atomic E-state index is 0.205. The van der Waals surface area contributed by atoms with Gasteiger partial charge in [0.1, 0.15) is 6.54 Å². The second-order valence-electron chi connectivity index (χ2n) is 4.84. The summed E-state index contributed by atoms with van der Waals surface area (Å²) in [6.45, 7) is 2.79. The van der Waals surface area contributed by atoms with Crippen LogP contribution in [-0.2, 0) is 14.8 Å². The van der Waals surface area contributed by atoms with Gasteiger partial charge in [-0.05, 0) is 25.5 Å². The lowest BCUT2D eigenvalue weighted by Gasteiger charge is -2.23. The van der Waals surface area contributed by atoms with Crippen molar-refractivity contribution in [2.45, 2.75) is 26.3 Å². The molecule has 0 saturated heterocycles. The maximum Gasteiger partial charge on any atom is 0.240 e. The molecule has 1 unspecified atom stereocenters. The Morgan fingerprint density at radius 1 is 1.27 bits per heavy atom. The van der Waals surface area contributed by atoms with Crippen molar-refractivity contribution in [2.75, 3.05) is 17.1 Å². The highest BCUT2D eigenvalue weighted by molar-refractivity contribution is 7.92. The van der Waals surface area contributed by atoms with E-state index in [-0.39, 0.29) is 6.04 Å². The Bertz CT molecular complexity index is 665. The van der Waals surface area contributed by atoms with Crippen LogP contribution in [0.4, 0.5) is 18.9 Å². The molecule has 0 heterocycles. The molecule has 124 valence electrons. The average Bonchev–Trinajstić information content (AvgIpc) is 2.42. The average molecular weight is 338 g/mol. The van der Waals surface area contributed by atoms with Crippen LogP contribution in [0.1, 0.15) is 20.3 Å². The van der Waals surface area contributed by atoms with E-state index in [1.165, 1.54) is 0 Å². The predicted octanol–water partition coefficient (Wildman–Crippen LogP) is 1.78. The summed E-state index contributed by atoms with van der Waals surface area (Å²) in [5.74, 6) is -5.59. The number of carbonyl (C=O) groups is 1. The van der Waals surface area contributed by atoms with Gasteiger partial charge in [-0.25, -0.2) is 21.6 Å². The Kier molecular flexibility index (Phi) is 5.81. The first-order valence-corrected chi connectivity index (χ1v) is 8.33. The number of nitrogens with zero attached hydrogens (tertiary/aromatic N) is 1. The molecular weight excluding hydrogens is 321 g/mol. The fraction of sp³-hybridized carbons (Fsp3) is 0.462. The molecule has 0 bridgehead atoms. The van der Waals surface area contributed by atoms with Gasteiger partial charge in [0.15, 0.2) is 17.5 Å². The summed E-state index contributed by atoms with van der Waals surface area (Å²) < 4.78 is 63.8. The molecule has 1 rings (SSSR count). The summed E-state index contributed by atoms with van der Waals surface area (Å²) in [6, 6.07) is 1.16. The van der Waals surface area contributed by atoms with E-state index in [1.807, 2.05) is 6.92 Å². The number of hydrogen-bond acceptors (Lipinski definition) is 3. The number of carbonyl (C=O) groups excluding carboxylic acids is 1. The molecule has 1 aromatic rings.